The average Bonchev–Trinajstić information content (AvgIpc) is 2.55. The molecule has 0 radical (unpaired) electrons. The molecule has 1 N–H and O–H groups in total. The molecule has 0 saturated carbocycles. The molecule has 0 unspecified atom stereocenters. The number of ether oxygens (including phenoxy) is 1. The second-order valence-corrected chi connectivity index (χ2v) is 6.15. The van der Waals surface area contributed by atoms with Crippen LogP contribution in [0.1, 0.15) is 21.5 Å². The maximum atomic E-state index is 12.7. The van der Waals surface area contributed by atoms with E-state index in [2.05, 4.69) is 0 Å². The second-order valence-electron chi connectivity index (χ2n) is 5.37. The van der Waals surface area contributed by atoms with Crippen LogP contribution in [0.3, 0.4) is 0 Å². The van der Waals surface area contributed by atoms with Crippen molar-refractivity contribution in [3.8, 4) is 11.5 Å². The van der Waals surface area contributed by atoms with E-state index in [-0.39, 0.29) is 16.7 Å². The van der Waals surface area contributed by atoms with Crippen LogP contribution >= 0.6 is 23.2 Å². The van der Waals surface area contributed by atoms with Crippen molar-refractivity contribution in [1.29, 1.82) is 0 Å². The zero-order valence-corrected chi connectivity index (χ0v) is 14.0. The van der Waals surface area contributed by atoms with Crippen LogP contribution in [-0.4, -0.2) is 29.6 Å². The van der Waals surface area contributed by atoms with E-state index in [4.69, 9.17) is 27.9 Å². The monoisotopic (exact) mass is 351 g/mol. The van der Waals surface area contributed by atoms with E-state index in [1.54, 1.807) is 12.0 Å². The number of aromatic hydroxyl groups is 1. The van der Waals surface area contributed by atoms with Gasteiger partial charge in [0, 0.05) is 24.2 Å². The Kier molecular flexibility index (Phi) is 4.37. The minimum Gasteiger partial charge on any atom is -0.506 e. The molecule has 1 amide bonds. The highest BCUT2D eigenvalue weighted by Crippen LogP contribution is 2.38. The van der Waals surface area contributed by atoms with E-state index in [1.807, 2.05) is 24.3 Å². The van der Waals surface area contributed by atoms with Crippen LogP contribution < -0.4 is 4.74 Å². The summed E-state index contributed by atoms with van der Waals surface area (Å²) < 4.78 is 5.13. The van der Waals surface area contributed by atoms with Crippen LogP contribution in [0.25, 0.3) is 0 Å². The SMILES string of the molecule is COc1ccc(CN2CCc3c(Cl)cc(O)c(Cl)c3C2=O)cc1. The molecule has 2 aromatic rings. The topological polar surface area (TPSA) is 49.8 Å². The van der Waals surface area contributed by atoms with Gasteiger partial charge >= 0.3 is 0 Å². The molecule has 4 nitrogen and oxygen atoms in total. The minimum atomic E-state index is -0.218. The summed E-state index contributed by atoms with van der Waals surface area (Å²) in [5.41, 5.74) is 1.99. The minimum absolute atomic E-state index is 0.0637. The molecule has 2 aromatic carbocycles. The molecule has 0 aromatic heterocycles. The van der Waals surface area contributed by atoms with Crippen molar-refractivity contribution in [3.63, 3.8) is 0 Å². The van der Waals surface area contributed by atoms with Crippen LogP contribution in [0.15, 0.2) is 30.3 Å². The highest BCUT2D eigenvalue weighted by Gasteiger charge is 2.30. The number of amides is 1. The average molecular weight is 352 g/mol. The standard InChI is InChI=1S/C17H15Cl2NO3/c1-23-11-4-2-10(3-5-11)9-20-7-6-12-13(18)8-14(21)16(19)15(12)17(20)22/h2-5,8,21H,6-7,9H2,1H3. The Hall–Kier alpha value is -1.91. The Morgan fingerprint density at radius 2 is 1.96 bits per heavy atom. The summed E-state index contributed by atoms with van der Waals surface area (Å²) >= 11 is 12.2. The molecule has 1 heterocycles. The van der Waals surface area contributed by atoms with Crippen LogP contribution in [0.5, 0.6) is 11.5 Å². The summed E-state index contributed by atoms with van der Waals surface area (Å²) in [7, 11) is 1.61. The smallest absolute Gasteiger partial charge is 0.256 e. The van der Waals surface area contributed by atoms with Crippen molar-refractivity contribution in [3.05, 3.63) is 57.1 Å². The molecule has 23 heavy (non-hydrogen) atoms. The number of phenolic OH excluding ortho intramolecular Hbond substituents is 1. The normalized spacial score (nSPS) is 13.9. The first kappa shape index (κ1) is 16.0. The molecular formula is C17H15Cl2NO3. The predicted octanol–water partition coefficient (Wildman–Crippen LogP) is 3.91. The summed E-state index contributed by atoms with van der Waals surface area (Å²) in [6.07, 6.45) is 0.607. The van der Waals surface area contributed by atoms with Gasteiger partial charge in [-0.15, -0.1) is 0 Å². The number of nitrogens with zero attached hydrogens (tertiary/aromatic N) is 1. The van der Waals surface area contributed by atoms with Crippen molar-refractivity contribution in [2.45, 2.75) is 13.0 Å². The number of benzene rings is 2. The van der Waals surface area contributed by atoms with Gasteiger partial charge in [0.15, 0.2) is 0 Å². The van der Waals surface area contributed by atoms with Gasteiger partial charge in [0.25, 0.3) is 5.91 Å². The van der Waals surface area contributed by atoms with E-state index in [1.165, 1.54) is 6.07 Å². The quantitative estimate of drug-likeness (QED) is 0.911. The third kappa shape index (κ3) is 2.96. The summed E-state index contributed by atoms with van der Waals surface area (Å²) in [5.74, 6) is 0.378. The van der Waals surface area contributed by atoms with Gasteiger partial charge < -0.3 is 14.7 Å². The van der Waals surface area contributed by atoms with Crippen molar-refractivity contribution < 1.29 is 14.6 Å². The van der Waals surface area contributed by atoms with Gasteiger partial charge in [0.2, 0.25) is 0 Å². The number of carbonyl (C=O) groups excluding carboxylic acids is 1. The van der Waals surface area contributed by atoms with Gasteiger partial charge in [-0.1, -0.05) is 35.3 Å². The summed E-state index contributed by atoms with van der Waals surface area (Å²) in [5, 5.41) is 10.2. The van der Waals surface area contributed by atoms with Gasteiger partial charge in [-0.2, -0.15) is 0 Å². The van der Waals surface area contributed by atoms with E-state index in [0.717, 1.165) is 11.3 Å². The molecule has 6 heteroatoms. The van der Waals surface area contributed by atoms with Crippen LogP contribution in [0.2, 0.25) is 10.0 Å². The lowest BCUT2D eigenvalue weighted by molar-refractivity contribution is 0.0726. The highest BCUT2D eigenvalue weighted by molar-refractivity contribution is 6.38. The fourth-order valence-electron chi connectivity index (χ4n) is 2.73. The molecule has 0 spiro atoms. The zero-order chi connectivity index (χ0) is 16.6. The van der Waals surface area contributed by atoms with Crippen LogP contribution in [0.4, 0.5) is 0 Å². The number of rotatable bonds is 3. The Labute approximate surface area is 144 Å². The highest BCUT2D eigenvalue weighted by atomic mass is 35.5. The number of carbonyl (C=O) groups is 1. The molecule has 0 saturated heterocycles. The maximum absolute atomic E-state index is 12.7. The first-order valence-corrected chi connectivity index (χ1v) is 7.89. The van der Waals surface area contributed by atoms with Gasteiger partial charge in [0.1, 0.15) is 11.5 Å². The third-order valence-corrected chi connectivity index (χ3v) is 4.68. The molecule has 1 aliphatic rings. The molecule has 1 aliphatic heterocycles. The van der Waals surface area contributed by atoms with Crippen molar-refractivity contribution in [1.82, 2.24) is 4.90 Å². The summed E-state index contributed by atoms with van der Waals surface area (Å²) in [6, 6.07) is 8.92. The Bertz CT molecular complexity index is 759. The molecule has 0 aliphatic carbocycles. The van der Waals surface area contributed by atoms with E-state index in [9.17, 15) is 9.90 Å². The third-order valence-electron chi connectivity index (χ3n) is 3.96. The largest absolute Gasteiger partial charge is 0.506 e. The van der Waals surface area contributed by atoms with Crippen molar-refractivity contribution in [2.75, 3.05) is 13.7 Å². The maximum Gasteiger partial charge on any atom is 0.256 e. The number of hydrogen-bond donors (Lipinski definition) is 1. The lowest BCUT2D eigenvalue weighted by Crippen LogP contribution is -2.37. The van der Waals surface area contributed by atoms with Crippen LogP contribution in [0, 0.1) is 0 Å². The van der Waals surface area contributed by atoms with Gasteiger partial charge in [-0.05, 0) is 29.7 Å². The first-order valence-electron chi connectivity index (χ1n) is 7.13. The Morgan fingerprint density at radius 3 is 2.61 bits per heavy atom. The molecule has 3 rings (SSSR count). The lowest BCUT2D eigenvalue weighted by Gasteiger charge is -2.30. The Balaban J connectivity index is 1.88. The number of hydrogen-bond acceptors (Lipinski definition) is 3. The van der Waals surface area contributed by atoms with Gasteiger partial charge in [-0.3, -0.25) is 4.79 Å². The fraction of sp³-hybridized carbons (Fsp3) is 0.235. The van der Waals surface area contributed by atoms with E-state index < -0.39 is 0 Å². The van der Waals surface area contributed by atoms with Crippen molar-refractivity contribution in [2.24, 2.45) is 0 Å². The van der Waals surface area contributed by atoms with Gasteiger partial charge in [0.05, 0.1) is 17.7 Å². The molecular weight excluding hydrogens is 337 g/mol. The molecule has 120 valence electrons. The molecule has 0 fully saturated rings. The van der Waals surface area contributed by atoms with E-state index in [0.29, 0.717) is 35.7 Å². The first-order chi connectivity index (χ1) is 11.0. The van der Waals surface area contributed by atoms with Gasteiger partial charge in [-0.25, -0.2) is 0 Å². The fourth-order valence-corrected chi connectivity index (χ4v) is 3.27. The lowest BCUT2D eigenvalue weighted by atomic mass is 9.97. The Morgan fingerprint density at radius 1 is 1.26 bits per heavy atom. The number of phenols is 1. The number of methoxy groups -OCH3 is 1. The van der Waals surface area contributed by atoms with Crippen LogP contribution in [-0.2, 0) is 13.0 Å². The number of halogens is 2. The molecule has 0 bridgehead atoms. The second kappa shape index (κ2) is 6.30. The number of fused-ring (bicyclic) bond motifs is 1. The zero-order valence-electron chi connectivity index (χ0n) is 12.5. The summed E-state index contributed by atoms with van der Waals surface area (Å²) in [4.78, 5) is 14.4. The van der Waals surface area contributed by atoms with E-state index >= 15 is 0 Å². The molecule has 0 atom stereocenters. The van der Waals surface area contributed by atoms with Crippen molar-refractivity contribution >= 4 is 29.1 Å². The predicted molar refractivity (Wildman–Crippen MR) is 89.6 cm³/mol. The summed E-state index contributed by atoms with van der Waals surface area (Å²) in [6.45, 7) is 1.02.